The predicted molar refractivity (Wildman–Crippen MR) is 83.9 cm³/mol. The van der Waals surface area contributed by atoms with E-state index in [0.29, 0.717) is 0 Å². The topological polar surface area (TPSA) is 73.8 Å². The SMILES string of the molecule is Ic1ccn2ncc(-n3cc(-c4cncnc4)cn3)c2n1. The number of aromatic nitrogens is 7. The summed E-state index contributed by atoms with van der Waals surface area (Å²) in [4.78, 5) is 12.5. The lowest BCUT2D eigenvalue weighted by Crippen LogP contribution is -1.97. The molecule has 0 spiro atoms. The van der Waals surface area contributed by atoms with Crippen molar-refractivity contribution in [3.8, 4) is 16.8 Å². The molecular formula is C13H8IN7. The molecule has 0 atom stereocenters. The van der Waals surface area contributed by atoms with Gasteiger partial charge in [-0.3, -0.25) is 0 Å². The van der Waals surface area contributed by atoms with Crippen LogP contribution in [-0.4, -0.2) is 34.3 Å². The van der Waals surface area contributed by atoms with Crippen LogP contribution in [0.4, 0.5) is 0 Å². The summed E-state index contributed by atoms with van der Waals surface area (Å²) in [6, 6.07) is 1.90. The van der Waals surface area contributed by atoms with Crippen molar-refractivity contribution in [2.75, 3.05) is 0 Å². The fourth-order valence-corrected chi connectivity index (χ4v) is 2.44. The van der Waals surface area contributed by atoms with Gasteiger partial charge in [-0.2, -0.15) is 10.2 Å². The van der Waals surface area contributed by atoms with Crippen LogP contribution in [0.3, 0.4) is 0 Å². The average Bonchev–Trinajstić information content (AvgIpc) is 3.14. The fourth-order valence-electron chi connectivity index (χ4n) is 2.05. The lowest BCUT2D eigenvalue weighted by Gasteiger charge is -1.98. The minimum atomic E-state index is 0.765. The van der Waals surface area contributed by atoms with E-state index in [4.69, 9.17) is 0 Å². The molecule has 21 heavy (non-hydrogen) atoms. The van der Waals surface area contributed by atoms with Gasteiger partial charge >= 0.3 is 0 Å². The van der Waals surface area contributed by atoms with Crippen LogP contribution in [0.5, 0.6) is 0 Å². The second-order valence-electron chi connectivity index (χ2n) is 4.35. The highest BCUT2D eigenvalue weighted by molar-refractivity contribution is 14.1. The molecule has 4 heterocycles. The maximum absolute atomic E-state index is 4.50. The van der Waals surface area contributed by atoms with Gasteiger partial charge in [0.2, 0.25) is 0 Å². The Morgan fingerprint density at radius 1 is 0.952 bits per heavy atom. The van der Waals surface area contributed by atoms with Crippen molar-refractivity contribution in [1.29, 1.82) is 0 Å². The van der Waals surface area contributed by atoms with Crippen LogP contribution in [0.25, 0.3) is 22.5 Å². The van der Waals surface area contributed by atoms with Crippen LogP contribution in [0.2, 0.25) is 0 Å². The quantitative estimate of drug-likeness (QED) is 0.387. The lowest BCUT2D eigenvalue weighted by molar-refractivity contribution is 0.883. The predicted octanol–water partition coefficient (Wildman–Crippen LogP) is 1.98. The summed E-state index contributed by atoms with van der Waals surface area (Å²) in [7, 11) is 0. The number of rotatable bonds is 2. The second-order valence-corrected chi connectivity index (χ2v) is 5.45. The molecule has 0 aliphatic rings. The molecule has 0 saturated heterocycles. The second kappa shape index (κ2) is 4.88. The number of nitrogens with zero attached hydrogens (tertiary/aromatic N) is 7. The van der Waals surface area contributed by atoms with Gasteiger partial charge in [-0.05, 0) is 28.7 Å². The third-order valence-corrected chi connectivity index (χ3v) is 3.64. The van der Waals surface area contributed by atoms with Crippen LogP contribution >= 0.6 is 22.6 Å². The maximum Gasteiger partial charge on any atom is 0.182 e. The Hall–Kier alpha value is -2.36. The summed E-state index contributed by atoms with van der Waals surface area (Å²) in [5.41, 5.74) is 3.46. The molecule has 8 heteroatoms. The van der Waals surface area contributed by atoms with Gasteiger partial charge in [0, 0.05) is 35.9 Å². The first-order valence-electron chi connectivity index (χ1n) is 6.11. The van der Waals surface area contributed by atoms with Crippen LogP contribution in [0.1, 0.15) is 0 Å². The Morgan fingerprint density at radius 2 is 1.81 bits per heavy atom. The molecule has 4 rings (SSSR count). The van der Waals surface area contributed by atoms with Gasteiger partial charge in [0.25, 0.3) is 0 Å². The molecule has 0 aliphatic carbocycles. The van der Waals surface area contributed by atoms with Gasteiger partial charge in [-0.15, -0.1) is 0 Å². The first-order chi connectivity index (χ1) is 10.3. The van der Waals surface area contributed by atoms with Crippen LogP contribution in [0, 0.1) is 3.70 Å². The molecule has 0 radical (unpaired) electrons. The van der Waals surface area contributed by atoms with E-state index in [1.807, 2.05) is 18.5 Å². The molecule has 0 amide bonds. The molecule has 4 aromatic rings. The van der Waals surface area contributed by atoms with Gasteiger partial charge in [0.05, 0.1) is 12.4 Å². The summed E-state index contributed by atoms with van der Waals surface area (Å²) in [6.07, 6.45) is 12.3. The summed E-state index contributed by atoms with van der Waals surface area (Å²) in [5.74, 6) is 0. The highest BCUT2D eigenvalue weighted by Gasteiger charge is 2.10. The largest absolute Gasteiger partial charge is 0.244 e. The van der Waals surface area contributed by atoms with Gasteiger partial charge in [-0.25, -0.2) is 24.1 Å². The third kappa shape index (κ3) is 2.17. The Kier molecular flexibility index (Phi) is 2.88. The Labute approximate surface area is 132 Å². The smallest absolute Gasteiger partial charge is 0.182 e. The minimum Gasteiger partial charge on any atom is -0.244 e. The first-order valence-corrected chi connectivity index (χ1v) is 7.19. The molecule has 0 N–H and O–H groups in total. The Balaban J connectivity index is 1.83. The summed E-state index contributed by atoms with van der Waals surface area (Å²) < 4.78 is 4.39. The van der Waals surface area contributed by atoms with Crippen molar-refractivity contribution in [1.82, 2.24) is 34.3 Å². The summed E-state index contributed by atoms with van der Waals surface area (Å²) in [5, 5.41) is 8.66. The van der Waals surface area contributed by atoms with Crippen molar-refractivity contribution >= 4 is 28.2 Å². The van der Waals surface area contributed by atoms with Crippen molar-refractivity contribution < 1.29 is 0 Å². The van der Waals surface area contributed by atoms with Crippen molar-refractivity contribution in [3.63, 3.8) is 0 Å². The fraction of sp³-hybridized carbons (Fsp3) is 0. The molecule has 7 nitrogen and oxygen atoms in total. The molecule has 0 aliphatic heterocycles. The van der Waals surface area contributed by atoms with E-state index in [-0.39, 0.29) is 0 Å². The third-order valence-electron chi connectivity index (χ3n) is 3.04. The molecule has 0 fully saturated rings. The van der Waals surface area contributed by atoms with E-state index < -0.39 is 0 Å². The molecule has 0 unspecified atom stereocenters. The van der Waals surface area contributed by atoms with E-state index in [1.54, 1.807) is 34.0 Å². The van der Waals surface area contributed by atoms with E-state index in [0.717, 1.165) is 26.2 Å². The van der Waals surface area contributed by atoms with Crippen LogP contribution < -0.4 is 0 Å². The summed E-state index contributed by atoms with van der Waals surface area (Å²) in [6.45, 7) is 0. The zero-order valence-electron chi connectivity index (χ0n) is 10.6. The first kappa shape index (κ1) is 12.4. The zero-order valence-corrected chi connectivity index (χ0v) is 12.8. The standard InChI is InChI=1S/C13H8IN7/c14-12-1-2-20-13(19-12)11(6-18-20)21-7-10(5-17-21)9-3-15-8-16-4-9/h1-8H. The monoisotopic (exact) mass is 389 g/mol. The number of hydrogen-bond acceptors (Lipinski definition) is 5. The highest BCUT2D eigenvalue weighted by atomic mass is 127. The Morgan fingerprint density at radius 3 is 2.67 bits per heavy atom. The van der Waals surface area contributed by atoms with Crippen LogP contribution in [-0.2, 0) is 0 Å². The minimum absolute atomic E-state index is 0.765. The van der Waals surface area contributed by atoms with Crippen molar-refractivity contribution in [2.45, 2.75) is 0 Å². The van der Waals surface area contributed by atoms with E-state index in [1.165, 1.54) is 6.33 Å². The lowest BCUT2D eigenvalue weighted by atomic mass is 10.2. The Bertz CT molecular complexity index is 913. The maximum atomic E-state index is 4.50. The number of halogens is 1. The average molecular weight is 389 g/mol. The van der Waals surface area contributed by atoms with E-state index >= 15 is 0 Å². The van der Waals surface area contributed by atoms with Gasteiger partial charge in [0.1, 0.15) is 15.7 Å². The molecule has 0 aromatic carbocycles. The van der Waals surface area contributed by atoms with Crippen LogP contribution in [0.15, 0.2) is 49.6 Å². The normalized spacial score (nSPS) is 11.1. The van der Waals surface area contributed by atoms with Crippen molar-refractivity contribution in [2.24, 2.45) is 0 Å². The number of fused-ring (bicyclic) bond motifs is 1. The highest BCUT2D eigenvalue weighted by Crippen LogP contribution is 2.20. The molecule has 0 saturated carbocycles. The molecule has 102 valence electrons. The van der Waals surface area contributed by atoms with Gasteiger partial charge < -0.3 is 0 Å². The molecule has 4 aromatic heterocycles. The van der Waals surface area contributed by atoms with Crippen molar-refractivity contribution in [3.05, 3.63) is 53.3 Å². The van der Waals surface area contributed by atoms with Gasteiger partial charge in [-0.1, -0.05) is 0 Å². The number of hydrogen-bond donors (Lipinski definition) is 0. The van der Waals surface area contributed by atoms with E-state index in [2.05, 4.69) is 47.7 Å². The van der Waals surface area contributed by atoms with E-state index in [9.17, 15) is 0 Å². The summed E-state index contributed by atoms with van der Waals surface area (Å²) >= 11 is 2.18. The van der Waals surface area contributed by atoms with Gasteiger partial charge in [0.15, 0.2) is 5.65 Å². The molecule has 0 bridgehead atoms. The zero-order chi connectivity index (χ0) is 14.2. The molecular weight excluding hydrogens is 381 g/mol.